The van der Waals surface area contributed by atoms with Gasteiger partial charge in [0, 0.05) is 24.5 Å². The highest BCUT2D eigenvalue weighted by Gasteiger charge is 2.32. The Labute approximate surface area is 107 Å². The lowest BCUT2D eigenvalue weighted by Crippen LogP contribution is -2.37. The van der Waals surface area contributed by atoms with Crippen molar-refractivity contribution in [3.05, 3.63) is 18.1 Å². The predicted octanol–water partition coefficient (Wildman–Crippen LogP) is 1.34. The Morgan fingerprint density at radius 1 is 1.50 bits per heavy atom. The minimum Gasteiger partial charge on any atom is -0.409 e. The zero-order chi connectivity index (χ0) is 13.1. The number of oxime groups is 1. The van der Waals surface area contributed by atoms with Crippen LogP contribution in [0.15, 0.2) is 17.5 Å². The van der Waals surface area contributed by atoms with Gasteiger partial charge in [0.1, 0.15) is 0 Å². The van der Waals surface area contributed by atoms with E-state index in [4.69, 9.17) is 10.9 Å². The molecular weight excluding hydrogens is 230 g/mol. The summed E-state index contributed by atoms with van der Waals surface area (Å²) in [7, 11) is 0. The molecule has 18 heavy (non-hydrogen) atoms. The van der Waals surface area contributed by atoms with Crippen molar-refractivity contribution in [1.29, 1.82) is 0 Å². The van der Waals surface area contributed by atoms with Gasteiger partial charge in [-0.1, -0.05) is 12.1 Å². The molecule has 2 heterocycles. The zero-order valence-corrected chi connectivity index (χ0v) is 10.7. The van der Waals surface area contributed by atoms with E-state index in [2.05, 4.69) is 33.9 Å². The van der Waals surface area contributed by atoms with E-state index in [-0.39, 0.29) is 5.84 Å². The van der Waals surface area contributed by atoms with Crippen molar-refractivity contribution in [2.45, 2.75) is 45.2 Å². The van der Waals surface area contributed by atoms with Gasteiger partial charge in [0.15, 0.2) is 17.3 Å². The van der Waals surface area contributed by atoms with Gasteiger partial charge in [-0.25, -0.2) is 9.97 Å². The summed E-state index contributed by atoms with van der Waals surface area (Å²) in [6, 6.07) is 0.846. The normalized spacial score (nSPS) is 24.6. The average molecular weight is 249 g/mol. The maximum atomic E-state index is 8.82. The molecule has 98 valence electrons. The maximum Gasteiger partial charge on any atom is 0.192 e. The van der Waals surface area contributed by atoms with Crippen LogP contribution in [0, 0.1) is 0 Å². The molecule has 0 aliphatic carbocycles. The number of aromatic nitrogens is 2. The van der Waals surface area contributed by atoms with Crippen LogP contribution in [-0.2, 0) is 0 Å². The van der Waals surface area contributed by atoms with Gasteiger partial charge < -0.3 is 15.8 Å². The third-order valence-corrected chi connectivity index (χ3v) is 3.53. The standard InChI is InChI=1S/C12H19N5O/c1-3-9-5-4-8(2)17(9)12-10(11(13)16-18)14-6-7-15-12/h6-9,18H,3-5H2,1-2H3,(H2,13,16). The first-order valence-corrected chi connectivity index (χ1v) is 6.26. The van der Waals surface area contributed by atoms with Crippen molar-refractivity contribution in [3.63, 3.8) is 0 Å². The lowest BCUT2D eigenvalue weighted by Gasteiger charge is -2.30. The number of nitrogens with zero attached hydrogens (tertiary/aromatic N) is 4. The maximum absolute atomic E-state index is 8.82. The monoisotopic (exact) mass is 249 g/mol. The molecule has 1 aromatic rings. The van der Waals surface area contributed by atoms with Gasteiger partial charge >= 0.3 is 0 Å². The molecule has 0 saturated carbocycles. The third kappa shape index (κ3) is 2.10. The number of nitrogens with two attached hydrogens (primary N) is 1. The number of anilines is 1. The molecule has 2 unspecified atom stereocenters. The van der Waals surface area contributed by atoms with Gasteiger partial charge in [-0.2, -0.15) is 0 Å². The van der Waals surface area contributed by atoms with Gasteiger partial charge in [0.05, 0.1) is 0 Å². The molecule has 0 aromatic carbocycles. The van der Waals surface area contributed by atoms with Gasteiger partial charge in [0.2, 0.25) is 0 Å². The first kappa shape index (κ1) is 12.6. The molecule has 0 spiro atoms. The van der Waals surface area contributed by atoms with Crippen LogP contribution in [0.3, 0.4) is 0 Å². The highest BCUT2D eigenvalue weighted by atomic mass is 16.4. The molecule has 6 heteroatoms. The van der Waals surface area contributed by atoms with Crippen LogP contribution in [-0.4, -0.2) is 33.1 Å². The first-order valence-electron chi connectivity index (χ1n) is 6.26. The van der Waals surface area contributed by atoms with Gasteiger partial charge in [-0.3, -0.25) is 0 Å². The van der Waals surface area contributed by atoms with Crippen molar-refractivity contribution in [3.8, 4) is 0 Å². The summed E-state index contributed by atoms with van der Waals surface area (Å²) < 4.78 is 0. The van der Waals surface area contributed by atoms with Crippen LogP contribution in [0.4, 0.5) is 5.82 Å². The first-order chi connectivity index (χ1) is 8.69. The van der Waals surface area contributed by atoms with E-state index in [0.717, 1.165) is 19.3 Å². The van der Waals surface area contributed by atoms with Crippen LogP contribution < -0.4 is 10.6 Å². The fraction of sp³-hybridized carbons (Fsp3) is 0.583. The lowest BCUT2D eigenvalue weighted by molar-refractivity contribution is 0.318. The van der Waals surface area contributed by atoms with E-state index in [9.17, 15) is 0 Å². The molecule has 0 amide bonds. The van der Waals surface area contributed by atoms with Crippen LogP contribution >= 0.6 is 0 Å². The molecule has 2 rings (SSSR count). The Bertz CT molecular complexity index is 448. The second-order valence-corrected chi connectivity index (χ2v) is 4.61. The molecule has 1 saturated heterocycles. The van der Waals surface area contributed by atoms with Crippen LogP contribution in [0.1, 0.15) is 38.8 Å². The smallest absolute Gasteiger partial charge is 0.192 e. The molecular formula is C12H19N5O. The number of amidine groups is 1. The Morgan fingerprint density at radius 2 is 2.22 bits per heavy atom. The summed E-state index contributed by atoms with van der Waals surface area (Å²) in [5.74, 6) is 0.719. The highest BCUT2D eigenvalue weighted by molar-refractivity contribution is 5.99. The van der Waals surface area contributed by atoms with Crippen molar-refractivity contribution in [2.24, 2.45) is 10.9 Å². The largest absolute Gasteiger partial charge is 0.409 e. The predicted molar refractivity (Wildman–Crippen MR) is 69.8 cm³/mol. The molecule has 1 fully saturated rings. The van der Waals surface area contributed by atoms with Crippen molar-refractivity contribution >= 4 is 11.7 Å². The van der Waals surface area contributed by atoms with E-state index >= 15 is 0 Å². The zero-order valence-electron chi connectivity index (χ0n) is 10.7. The summed E-state index contributed by atoms with van der Waals surface area (Å²) in [6.45, 7) is 4.33. The average Bonchev–Trinajstić information content (AvgIpc) is 2.78. The molecule has 1 aliphatic rings. The number of rotatable bonds is 3. The summed E-state index contributed by atoms with van der Waals surface area (Å²) in [4.78, 5) is 10.8. The molecule has 2 atom stereocenters. The fourth-order valence-electron chi connectivity index (χ4n) is 2.60. The van der Waals surface area contributed by atoms with Crippen LogP contribution in [0.5, 0.6) is 0 Å². The number of hydrogen-bond donors (Lipinski definition) is 2. The minimum atomic E-state index is 0.00653. The van der Waals surface area contributed by atoms with Crippen molar-refractivity contribution in [2.75, 3.05) is 4.90 Å². The second kappa shape index (κ2) is 5.20. The van der Waals surface area contributed by atoms with Crippen molar-refractivity contribution < 1.29 is 5.21 Å². The Hall–Kier alpha value is -1.85. The fourth-order valence-corrected chi connectivity index (χ4v) is 2.60. The Kier molecular flexibility index (Phi) is 3.64. The highest BCUT2D eigenvalue weighted by Crippen LogP contribution is 2.31. The Morgan fingerprint density at radius 3 is 2.89 bits per heavy atom. The van der Waals surface area contributed by atoms with Crippen LogP contribution in [0.25, 0.3) is 0 Å². The molecule has 1 aliphatic heterocycles. The summed E-state index contributed by atoms with van der Waals surface area (Å²) in [6.07, 6.45) is 6.52. The summed E-state index contributed by atoms with van der Waals surface area (Å²) in [5.41, 5.74) is 6.12. The second-order valence-electron chi connectivity index (χ2n) is 4.61. The van der Waals surface area contributed by atoms with Gasteiger partial charge in [-0.15, -0.1) is 0 Å². The molecule has 6 nitrogen and oxygen atoms in total. The molecule has 1 aromatic heterocycles. The lowest BCUT2D eigenvalue weighted by atomic mass is 10.1. The van der Waals surface area contributed by atoms with E-state index in [1.54, 1.807) is 12.4 Å². The molecule has 0 radical (unpaired) electrons. The van der Waals surface area contributed by atoms with E-state index in [0.29, 0.717) is 23.6 Å². The topological polar surface area (TPSA) is 87.6 Å². The van der Waals surface area contributed by atoms with E-state index in [1.807, 2.05) is 0 Å². The summed E-state index contributed by atoms with van der Waals surface area (Å²) >= 11 is 0. The number of hydrogen-bond acceptors (Lipinski definition) is 5. The Balaban J connectivity index is 2.44. The van der Waals surface area contributed by atoms with E-state index < -0.39 is 0 Å². The minimum absolute atomic E-state index is 0.00653. The third-order valence-electron chi connectivity index (χ3n) is 3.53. The quantitative estimate of drug-likeness (QED) is 0.365. The van der Waals surface area contributed by atoms with Crippen molar-refractivity contribution in [1.82, 2.24) is 9.97 Å². The molecule has 0 bridgehead atoms. The summed E-state index contributed by atoms with van der Waals surface area (Å²) in [5, 5.41) is 11.9. The van der Waals surface area contributed by atoms with E-state index in [1.165, 1.54) is 0 Å². The van der Waals surface area contributed by atoms with Crippen LogP contribution in [0.2, 0.25) is 0 Å². The van der Waals surface area contributed by atoms with Gasteiger partial charge in [0.25, 0.3) is 0 Å². The van der Waals surface area contributed by atoms with Gasteiger partial charge in [-0.05, 0) is 26.2 Å². The molecule has 3 N–H and O–H groups in total. The SMILES string of the molecule is CCC1CCC(C)N1c1nccnc1C(N)=NO.